The first-order chi connectivity index (χ1) is 16.1. The standard InChI is InChI=1S/C20H18N6O.C2HF3O2/c1-3-14-12-26(19-15(14)7-6-10-22-19)25-20(27)16-11-23-18(24-13(16)2)17-8-4-5-9-21-17;3-2(4,5)1(6)7/h4-12H,3H2,1-2H3,(H,25,27);(H,6,7). The number of carboxylic acid groups (broad SMARTS) is 1. The Morgan fingerprint density at radius 1 is 1.09 bits per heavy atom. The van der Waals surface area contributed by atoms with Crippen molar-refractivity contribution in [3.05, 3.63) is 71.9 Å². The van der Waals surface area contributed by atoms with E-state index < -0.39 is 12.1 Å². The second kappa shape index (κ2) is 10.1. The van der Waals surface area contributed by atoms with E-state index in [1.165, 1.54) is 6.20 Å². The Kier molecular flexibility index (Phi) is 7.19. The van der Waals surface area contributed by atoms with Crippen molar-refractivity contribution in [2.75, 3.05) is 5.43 Å². The first kappa shape index (κ1) is 24.3. The molecule has 176 valence electrons. The van der Waals surface area contributed by atoms with Crippen LogP contribution in [0.2, 0.25) is 0 Å². The molecule has 4 heterocycles. The number of nitrogens with zero attached hydrogens (tertiary/aromatic N) is 5. The van der Waals surface area contributed by atoms with Crippen LogP contribution in [0.25, 0.3) is 22.6 Å². The molecule has 0 saturated carbocycles. The summed E-state index contributed by atoms with van der Waals surface area (Å²) in [5.41, 5.74) is 6.37. The van der Waals surface area contributed by atoms with Crippen LogP contribution in [0.5, 0.6) is 0 Å². The Bertz CT molecular complexity index is 1320. The average Bonchev–Trinajstić information content (AvgIpc) is 3.17. The van der Waals surface area contributed by atoms with Gasteiger partial charge in [0.25, 0.3) is 5.91 Å². The maximum Gasteiger partial charge on any atom is 0.490 e. The van der Waals surface area contributed by atoms with Gasteiger partial charge in [-0.2, -0.15) is 13.2 Å². The van der Waals surface area contributed by atoms with Crippen LogP contribution in [-0.2, 0) is 11.2 Å². The van der Waals surface area contributed by atoms with Gasteiger partial charge in [-0.1, -0.05) is 13.0 Å². The van der Waals surface area contributed by atoms with Gasteiger partial charge in [0.2, 0.25) is 0 Å². The van der Waals surface area contributed by atoms with Gasteiger partial charge in [-0.05, 0) is 43.2 Å². The van der Waals surface area contributed by atoms with Crippen molar-refractivity contribution in [3.63, 3.8) is 0 Å². The summed E-state index contributed by atoms with van der Waals surface area (Å²) in [5, 5.41) is 8.15. The molecule has 9 nitrogen and oxygen atoms in total. The molecule has 0 unspecified atom stereocenters. The maximum atomic E-state index is 12.8. The summed E-state index contributed by atoms with van der Waals surface area (Å²) in [6.07, 6.45) is 2.59. The van der Waals surface area contributed by atoms with Gasteiger partial charge in [-0.25, -0.2) is 24.4 Å². The molecule has 0 bridgehead atoms. The lowest BCUT2D eigenvalue weighted by Gasteiger charge is -2.09. The van der Waals surface area contributed by atoms with Crippen LogP contribution in [0, 0.1) is 6.92 Å². The third-order valence-corrected chi connectivity index (χ3v) is 4.61. The highest BCUT2D eigenvalue weighted by Gasteiger charge is 2.38. The number of hydrogen-bond acceptors (Lipinski definition) is 6. The SMILES string of the molecule is CCc1cn(NC(=O)c2cnc(-c3ccccn3)nc2C)c2ncccc12.O=C(O)C(F)(F)F. The quantitative estimate of drug-likeness (QED) is 0.463. The monoisotopic (exact) mass is 472 g/mol. The molecule has 0 radical (unpaired) electrons. The number of carboxylic acids is 1. The number of rotatable bonds is 4. The fourth-order valence-corrected chi connectivity index (χ4v) is 2.97. The number of aryl methyl sites for hydroxylation is 2. The number of nitrogens with one attached hydrogen (secondary N) is 1. The number of amides is 1. The molecule has 0 saturated heterocycles. The molecule has 4 aromatic heterocycles. The zero-order chi connectivity index (χ0) is 24.9. The lowest BCUT2D eigenvalue weighted by Crippen LogP contribution is -2.23. The molecule has 0 spiro atoms. The summed E-state index contributed by atoms with van der Waals surface area (Å²) in [5.74, 6) is -2.55. The van der Waals surface area contributed by atoms with Crippen LogP contribution in [0.4, 0.5) is 13.2 Å². The zero-order valence-electron chi connectivity index (χ0n) is 18.0. The first-order valence-corrected chi connectivity index (χ1v) is 9.93. The van der Waals surface area contributed by atoms with E-state index in [0.29, 0.717) is 28.4 Å². The van der Waals surface area contributed by atoms with Crippen molar-refractivity contribution in [2.45, 2.75) is 26.4 Å². The number of pyridine rings is 2. The van der Waals surface area contributed by atoms with Gasteiger partial charge in [0.1, 0.15) is 5.69 Å². The van der Waals surface area contributed by atoms with Crippen LogP contribution < -0.4 is 5.43 Å². The number of halogens is 3. The number of carbonyl (C=O) groups excluding carboxylic acids is 1. The Hall–Kier alpha value is -4.35. The Labute approximate surface area is 191 Å². The molecule has 0 fully saturated rings. The summed E-state index contributed by atoms with van der Waals surface area (Å²) < 4.78 is 33.4. The summed E-state index contributed by atoms with van der Waals surface area (Å²) in [6.45, 7) is 3.86. The molecule has 4 aromatic rings. The van der Waals surface area contributed by atoms with Gasteiger partial charge in [0.05, 0.1) is 11.3 Å². The number of aliphatic carboxylic acids is 1. The minimum absolute atomic E-state index is 0.287. The van der Waals surface area contributed by atoms with Crippen molar-refractivity contribution in [1.29, 1.82) is 0 Å². The van der Waals surface area contributed by atoms with Crippen molar-refractivity contribution in [2.24, 2.45) is 0 Å². The van der Waals surface area contributed by atoms with Crippen LogP contribution in [0.3, 0.4) is 0 Å². The lowest BCUT2D eigenvalue weighted by molar-refractivity contribution is -0.192. The molecule has 1 amide bonds. The van der Waals surface area contributed by atoms with Crippen molar-refractivity contribution >= 4 is 22.9 Å². The summed E-state index contributed by atoms with van der Waals surface area (Å²) in [7, 11) is 0. The topological polar surface area (TPSA) is 123 Å². The largest absolute Gasteiger partial charge is 0.490 e. The number of alkyl halides is 3. The van der Waals surface area contributed by atoms with E-state index in [-0.39, 0.29) is 5.91 Å². The third kappa shape index (κ3) is 5.52. The maximum absolute atomic E-state index is 12.8. The molecule has 0 aliphatic heterocycles. The molecule has 12 heteroatoms. The van der Waals surface area contributed by atoms with Crippen LogP contribution in [-0.4, -0.2) is 47.8 Å². The summed E-state index contributed by atoms with van der Waals surface area (Å²) in [4.78, 5) is 39.0. The fourth-order valence-electron chi connectivity index (χ4n) is 2.97. The lowest BCUT2D eigenvalue weighted by atomic mass is 10.2. The van der Waals surface area contributed by atoms with E-state index in [0.717, 1.165) is 17.4 Å². The molecule has 2 N–H and O–H groups in total. The molecule has 0 aromatic carbocycles. The second-order valence-corrected chi connectivity index (χ2v) is 6.90. The predicted octanol–water partition coefficient (Wildman–Crippen LogP) is 3.78. The zero-order valence-corrected chi connectivity index (χ0v) is 18.0. The summed E-state index contributed by atoms with van der Waals surface area (Å²) >= 11 is 0. The van der Waals surface area contributed by atoms with Crippen molar-refractivity contribution < 1.29 is 27.9 Å². The molecular formula is C22H19F3N6O3. The minimum Gasteiger partial charge on any atom is -0.475 e. The van der Waals surface area contributed by atoms with E-state index in [1.54, 1.807) is 24.0 Å². The van der Waals surface area contributed by atoms with Gasteiger partial charge in [0.15, 0.2) is 11.5 Å². The molecule has 0 atom stereocenters. The Morgan fingerprint density at radius 2 is 1.79 bits per heavy atom. The highest BCUT2D eigenvalue weighted by Crippen LogP contribution is 2.19. The highest BCUT2D eigenvalue weighted by atomic mass is 19.4. The minimum atomic E-state index is -5.08. The number of hydrogen-bond donors (Lipinski definition) is 2. The third-order valence-electron chi connectivity index (χ3n) is 4.61. The van der Waals surface area contributed by atoms with Gasteiger partial charge in [-0.15, -0.1) is 0 Å². The molecule has 0 aliphatic rings. The van der Waals surface area contributed by atoms with E-state index in [1.807, 2.05) is 36.5 Å². The van der Waals surface area contributed by atoms with Gasteiger partial charge >= 0.3 is 12.1 Å². The van der Waals surface area contributed by atoms with E-state index in [2.05, 4.69) is 32.3 Å². The highest BCUT2D eigenvalue weighted by molar-refractivity contribution is 6.01. The fraction of sp³-hybridized carbons (Fsp3) is 0.182. The van der Waals surface area contributed by atoms with E-state index >= 15 is 0 Å². The summed E-state index contributed by atoms with van der Waals surface area (Å²) in [6, 6.07) is 9.43. The van der Waals surface area contributed by atoms with Crippen LogP contribution in [0.15, 0.2) is 55.1 Å². The Balaban J connectivity index is 0.000000406. The van der Waals surface area contributed by atoms with Gasteiger partial charge < -0.3 is 5.11 Å². The number of fused-ring (bicyclic) bond motifs is 1. The molecule has 4 rings (SSSR count). The normalized spacial score (nSPS) is 11.0. The second-order valence-electron chi connectivity index (χ2n) is 6.90. The smallest absolute Gasteiger partial charge is 0.475 e. The number of aromatic nitrogens is 5. The van der Waals surface area contributed by atoms with E-state index in [4.69, 9.17) is 9.90 Å². The molecular weight excluding hydrogens is 453 g/mol. The van der Waals surface area contributed by atoms with E-state index in [9.17, 15) is 18.0 Å². The number of carbonyl (C=O) groups is 2. The molecule has 34 heavy (non-hydrogen) atoms. The van der Waals surface area contributed by atoms with Crippen LogP contribution >= 0.6 is 0 Å². The van der Waals surface area contributed by atoms with Crippen molar-refractivity contribution in [3.8, 4) is 11.5 Å². The van der Waals surface area contributed by atoms with Crippen molar-refractivity contribution in [1.82, 2.24) is 24.6 Å². The van der Waals surface area contributed by atoms with Gasteiger partial charge in [0, 0.05) is 30.2 Å². The predicted molar refractivity (Wildman–Crippen MR) is 116 cm³/mol. The average molecular weight is 472 g/mol. The Morgan fingerprint density at radius 3 is 2.38 bits per heavy atom. The van der Waals surface area contributed by atoms with Gasteiger partial charge in [-0.3, -0.25) is 15.2 Å². The molecule has 0 aliphatic carbocycles. The van der Waals surface area contributed by atoms with Crippen LogP contribution in [0.1, 0.15) is 28.5 Å². The first-order valence-electron chi connectivity index (χ1n) is 9.93.